The van der Waals surface area contributed by atoms with Gasteiger partial charge in [0.1, 0.15) is 0 Å². The van der Waals surface area contributed by atoms with Gasteiger partial charge in [0.05, 0.1) is 4.90 Å². The van der Waals surface area contributed by atoms with E-state index in [0.29, 0.717) is 29.3 Å². The Kier molecular flexibility index (Phi) is 5.57. The summed E-state index contributed by atoms with van der Waals surface area (Å²) in [5.41, 5.74) is 6.36. The molecule has 6 nitrogen and oxygen atoms in total. The van der Waals surface area contributed by atoms with Crippen LogP contribution in [0.5, 0.6) is 5.88 Å². The van der Waals surface area contributed by atoms with Crippen LogP contribution in [-0.4, -0.2) is 42.4 Å². The highest BCUT2D eigenvalue weighted by Crippen LogP contribution is 2.32. The Hall–Kier alpha value is -2.00. The van der Waals surface area contributed by atoms with Gasteiger partial charge in [-0.3, -0.25) is 0 Å². The van der Waals surface area contributed by atoms with E-state index in [1.165, 1.54) is 10.5 Å². The molecule has 0 aliphatic heterocycles. The van der Waals surface area contributed by atoms with Crippen LogP contribution in [0, 0.1) is 6.92 Å². The van der Waals surface area contributed by atoms with E-state index < -0.39 is 10.0 Å². The molecule has 0 spiro atoms. The van der Waals surface area contributed by atoms with Crippen LogP contribution in [0.3, 0.4) is 0 Å². The first-order valence-corrected chi connectivity index (χ1v) is 10.6. The smallest absolute Gasteiger partial charge is 0.243 e. The van der Waals surface area contributed by atoms with Gasteiger partial charge in [-0.1, -0.05) is 12.1 Å². The topological polar surface area (TPSA) is 96.5 Å². The average molecular weight is 392 g/mol. The zero-order valence-electron chi connectivity index (χ0n) is 14.4. The largest absolute Gasteiger partial charge is 0.493 e. The van der Waals surface area contributed by atoms with Crippen molar-refractivity contribution in [3.63, 3.8) is 0 Å². The lowest BCUT2D eigenvalue weighted by molar-refractivity contribution is 0.423. The molecule has 0 atom stereocenters. The molecule has 0 aliphatic rings. The number of rotatable bonds is 7. The van der Waals surface area contributed by atoms with E-state index >= 15 is 0 Å². The van der Waals surface area contributed by atoms with Crippen LogP contribution in [0.15, 0.2) is 46.8 Å². The molecular weight excluding hydrogens is 370 g/mol. The first-order chi connectivity index (χ1) is 12.4. The molecule has 0 aliphatic carbocycles. The Labute approximate surface area is 157 Å². The van der Waals surface area contributed by atoms with E-state index in [1.807, 2.05) is 17.5 Å². The molecule has 0 bridgehead atoms. The summed E-state index contributed by atoms with van der Waals surface area (Å²) >= 11 is 1.60. The van der Waals surface area contributed by atoms with E-state index in [1.54, 1.807) is 36.5 Å². The fraction of sp³-hybridized carbons (Fsp3) is 0.278. The van der Waals surface area contributed by atoms with Crippen molar-refractivity contribution in [1.82, 2.24) is 9.29 Å². The molecule has 3 aromatic rings. The van der Waals surface area contributed by atoms with Crippen LogP contribution in [0.2, 0.25) is 0 Å². The summed E-state index contributed by atoms with van der Waals surface area (Å²) in [7, 11) is -3.76. The molecule has 0 unspecified atom stereocenters. The van der Waals surface area contributed by atoms with Crippen molar-refractivity contribution < 1.29 is 13.5 Å². The molecule has 1 aromatic carbocycles. The third-order valence-corrected chi connectivity index (χ3v) is 7.10. The zero-order valence-corrected chi connectivity index (χ0v) is 16.1. The molecule has 8 heteroatoms. The number of pyridine rings is 1. The number of benzene rings is 1. The van der Waals surface area contributed by atoms with Crippen LogP contribution in [0.25, 0.3) is 10.8 Å². The number of aryl methyl sites for hydroxylation is 1. The van der Waals surface area contributed by atoms with Gasteiger partial charge in [0.25, 0.3) is 0 Å². The van der Waals surface area contributed by atoms with Crippen molar-refractivity contribution in [2.45, 2.75) is 18.2 Å². The van der Waals surface area contributed by atoms with Crippen LogP contribution >= 0.6 is 11.3 Å². The summed E-state index contributed by atoms with van der Waals surface area (Å²) in [6.45, 7) is 2.61. The highest BCUT2D eigenvalue weighted by Gasteiger charge is 2.27. The summed E-state index contributed by atoms with van der Waals surface area (Å²) in [5, 5.41) is 12.9. The molecule has 0 fully saturated rings. The number of aromatic nitrogens is 1. The third kappa shape index (κ3) is 3.59. The fourth-order valence-electron chi connectivity index (χ4n) is 2.96. The molecule has 2 heterocycles. The van der Waals surface area contributed by atoms with Gasteiger partial charge in [0, 0.05) is 41.5 Å². The maximum absolute atomic E-state index is 13.3. The summed E-state index contributed by atoms with van der Waals surface area (Å²) in [4.78, 5) is 5.20. The number of sulfonamides is 1. The van der Waals surface area contributed by atoms with Crippen LogP contribution in [0.1, 0.15) is 10.4 Å². The number of aromatic hydroxyl groups is 1. The minimum atomic E-state index is -3.76. The zero-order chi connectivity index (χ0) is 18.7. The van der Waals surface area contributed by atoms with Crippen molar-refractivity contribution >= 4 is 32.1 Å². The lowest BCUT2D eigenvalue weighted by Gasteiger charge is -2.22. The van der Waals surface area contributed by atoms with Gasteiger partial charge in [-0.2, -0.15) is 4.31 Å². The fourth-order valence-corrected chi connectivity index (χ4v) is 5.39. The Morgan fingerprint density at radius 1 is 1.23 bits per heavy atom. The number of nitrogens with two attached hydrogens (primary N) is 1. The molecule has 0 saturated heterocycles. The predicted octanol–water partition coefficient (Wildman–Crippen LogP) is 2.50. The van der Waals surface area contributed by atoms with Crippen LogP contribution in [0.4, 0.5) is 0 Å². The van der Waals surface area contributed by atoms with Crippen molar-refractivity contribution in [2.75, 3.05) is 19.6 Å². The molecule has 3 rings (SSSR count). The summed E-state index contributed by atoms with van der Waals surface area (Å²) in [6.07, 6.45) is 2.11. The lowest BCUT2D eigenvalue weighted by atomic mass is 10.1. The second-order valence-corrected chi connectivity index (χ2v) is 8.90. The van der Waals surface area contributed by atoms with Crippen molar-refractivity contribution in [2.24, 2.45) is 5.73 Å². The van der Waals surface area contributed by atoms with E-state index in [9.17, 15) is 13.5 Å². The van der Waals surface area contributed by atoms with Gasteiger partial charge in [-0.25, -0.2) is 13.4 Å². The highest BCUT2D eigenvalue weighted by atomic mass is 32.2. The molecule has 138 valence electrons. The normalized spacial score (nSPS) is 12.1. The Balaban J connectivity index is 2.04. The summed E-state index contributed by atoms with van der Waals surface area (Å²) in [5.74, 6) is -0.174. The van der Waals surface area contributed by atoms with Crippen molar-refractivity contribution in [1.29, 1.82) is 0 Å². The summed E-state index contributed by atoms with van der Waals surface area (Å²) in [6, 6.07) is 8.80. The van der Waals surface area contributed by atoms with Gasteiger partial charge in [-0.15, -0.1) is 11.3 Å². The highest BCUT2D eigenvalue weighted by molar-refractivity contribution is 7.89. The molecule has 26 heavy (non-hydrogen) atoms. The maximum atomic E-state index is 13.3. The Morgan fingerprint density at radius 3 is 2.73 bits per heavy atom. The van der Waals surface area contributed by atoms with E-state index in [2.05, 4.69) is 4.98 Å². The van der Waals surface area contributed by atoms with Gasteiger partial charge in [0.15, 0.2) is 0 Å². The molecule has 0 radical (unpaired) electrons. The SMILES string of the molecule is Cc1cnc(O)c2cccc(S(=O)(=O)N(CCN)CCc3cccs3)c12. The predicted molar refractivity (Wildman–Crippen MR) is 104 cm³/mol. The minimum absolute atomic E-state index is 0.171. The van der Waals surface area contributed by atoms with E-state index in [0.717, 1.165) is 4.88 Å². The maximum Gasteiger partial charge on any atom is 0.243 e. The van der Waals surface area contributed by atoms with Gasteiger partial charge >= 0.3 is 0 Å². The van der Waals surface area contributed by atoms with E-state index in [4.69, 9.17) is 5.73 Å². The van der Waals surface area contributed by atoms with Gasteiger partial charge in [-0.05, 0) is 42.5 Å². The van der Waals surface area contributed by atoms with Crippen molar-refractivity contribution in [3.8, 4) is 5.88 Å². The van der Waals surface area contributed by atoms with Crippen molar-refractivity contribution in [3.05, 3.63) is 52.3 Å². The number of hydrogen-bond acceptors (Lipinski definition) is 6. The Morgan fingerprint density at radius 2 is 2.04 bits per heavy atom. The lowest BCUT2D eigenvalue weighted by Crippen LogP contribution is -2.37. The first kappa shape index (κ1) is 18.8. The van der Waals surface area contributed by atoms with E-state index in [-0.39, 0.29) is 23.9 Å². The van der Waals surface area contributed by atoms with Crippen LogP contribution in [-0.2, 0) is 16.4 Å². The minimum Gasteiger partial charge on any atom is -0.493 e. The van der Waals surface area contributed by atoms with Gasteiger partial charge in [0.2, 0.25) is 15.9 Å². The van der Waals surface area contributed by atoms with Crippen LogP contribution < -0.4 is 5.73 Å². The molecule has 0 saturated carbocycles. The molecule has 3 N–H and O–H groups in total. The molecular formula is C18H21N3O3S2. The number of thiophene rings is 1. The first-order valence-electron chi connectivity index (χ1n) is 8.25. The standard InChI is InChI=1S/C18H21N3O3S2/c1-13-12-20-18(22)15-5-2-6-16(17(13)15)26(23,24)21(10-8-19)9-7-14-4-3-11-25-14/h2-6,11-12H,7-10,19H2,1H3,(H,20,22). The molecule has 0 amide bonds. The number of hydrogen-bond donors (Lipinski definition) is 2. The third-order valence-electron chi connectivity index (χ3n) is 4.23. The second-order valence-electron chi connectivity index (χ2n) is 5.97. The van der Waals surface area contributed by atoms with Gasteiger partial charge < -0.3 is 10.8 Å². The average Bonchev–Trinajstić information content (AvgIpc) is 3.14. The quantitative estimate of drug-likeness (QED) is 0.645. The monoisotopic (exact) mass is 391 g/mol. The Bertz CT molecular complexity index is 1000. The number of fused-ring (bicyclic) bond motifs is 1. The number of nitrogens with zero attached hydrogens (tertiary/aromatic N) is 2. The molecule has 2 aromatic heterocycles. The second kappa shape index (κ2) is 7.71. The summed E-state index contributed by atoms with van der Waals surface area (Å²) < 4.78 is 28.1.